The van der Waals surface area contributed by atoms with E-state index in [9.17, 15) is 0 Å². The first kappa shape index (κ1) is 8.63. The molecule has 1 unspecified atom stereocenters. The van der Waals surface area contributed by atoms with Gasteiger partial charge in [0.2, 0.25) is 0 Å². The van der Waals surface area contributed by atoms with Crippen LogP contribution in [0.1, 0.15) is 30.4 Å². The van der Waals surface area contributed by atoms with Gasteiger partial charge in [0, 0.05) is 24.4 Å². The standard InChI is InChI=1S/C10H15N3/c1-7(11)5-10-12-6-8-3-2-4-9(8)13-10/h6-7H,2-5,11H2,1H3. The maximum absolute atomic E-state index is 5.69. The van der Waals surface area contributed by atoms with Crippen LogP contribution in [0.3, 0.4) is 0 Å². The van der Waals surface area contributed by atoms with E-state index in [1.165, 1.54) is 17.7 Å². The number of hydrogen-bond acceptors (Lipinski definition) is 3. The summed E-state index contributed by atoms with van der Waals surface area (Å²) in [4.78, 5) is 8.80. The minimum atomic E-state index is 0.152. The quantitative estimate of drug-likeness (QED) is 0.728. The van der Waals surface area contributed by atoms with E-state index in [2.05, 4.69) is 9.97 Å². The van der Waals surface area contributed by atoms with Gasteiger partial charge < -0.3 is 5.73 Å². The van der Waals surface area contributed by atoms with Crippen LogP contribution < -0.4 is 5.73 Å². The summed E-state index contributed by atoms with van der Waals surface area (Å²) in [7, 11) is 0. The van der Waals surface area contributed by atoms with Crippen molar-refractivity contribution in [2.24, 2.45) is 5.73 Å². The van der Waals surface area contributed by atoms with E-state index in [0.29, 0.717) is 0 Å². The van der Waals surface area contributed by atoms with E-state index in [4.69, 9.17) is 5.73 Å². The monoisotopic (exact) mass is 177 g/mol. The van der Waals surface area contributed by atoms with Gasteiger partial charge in [-0.2, -0.15) is 0 Å². The summed E-state index contributed by atoms with van der Waals surface area (Å²) < 4.78 is 0. The van der Waals surface area contributed by atoms with Gasteiger partial charge in [-0.25, -0.2) is 9.97 Å². The largest absolute Gasteiger partial charge is 0.328 e. The Labute approximate surface area is 78.4 Å². The van der Waals surface area contributed by atoms with Crippen molar-refractivity contribution in [3.8, 4) is 0 Å². The number of hydrogen-bond donors (Lipinski definition) is 1. The van der Waals surface area contributed by atoms with Crippen molar-refractivity contribution >= 4 is 0 Å². The maximum atomic E-state index is 5.69. The zero-order valence-corrected chi connectivity index (χ0v) is 7.95. The van der Waals surface area contributed by atoms with Gasteiger partial charge in [0.05, 0.1) is 0 Å². The SMILES string of the molecule is CC(N)Cc1ncc2c(n1)CCC2. The van der Waals surface area contributed by atoms with Gasteiger partial charge in [0.15, 0.2) is 0 Å². The summed E-state index contributed by atoms with van der Waals surface area (Å²) in [5, 5.41) is 0. The van der Waals surface area contributed by atoms with Gasteiger partial charge in [0.25, 0.3) is 0 Å². The van der Waals surface area contributed by atoms with E-state index in [1.54, 1.807) is 0 Å². The summed E-state index contributed by atoms with van der Waals surface area (Å²) in [5.74, 6) is 0.899. The summed E-state index contributed by atoms with van der Waals surface area (Å²) >= 11 is 0. The zero-order valence-electron chi connectivity index (χ0n) is 7.95. The molecule has 13 heavy (non-hydrogen) atoms. The lowest BCUT2D eigenvalue weighted by molar-refractivity contribution is 0.696. The van der Waals surface area contributed by atoms with Gasteiger partial charge >= 0.3 is 0 Å². The first-order valence-corrected chi connectivity index (χ1v) is 4.85. The van der Waals surface area contributed by atoms with Crippen LogP contribution in [0.5, 0.6) is 0 Å². The highest BCUT2D eigenvalue weighted by atomic mass is 14.9. The average molecular weight is 177 g/mol. The fraction of sp³-hybridized carbons (Fsp3) is 0.600. The molecule has 1 aliphatic carbocycles. The number of fused-ring (bicyclic) bond motifs is 1. The van der Waals surface area contributed by atoms with Crippen LogP contribution in [0.15, 0.2) is 6.20 Å². The molecular weight excluding hydrogens is 162 g/mol. The molecule has 1 atom stereocenters. The number of nitrogens with zero attached hydrogens (tertiary/aromatic N) is 2. The van der Waals surface area contributed by atoms with Crippen LogP contribution in [0.2, 0.25) is 0 Å². The predicted octanol–water partition coefficient (Wildman–Crippen LogP) is 0.855. The number of aromatic nitrogens is 2. The molecule has 0 radical (unpaired) electrons. The Balaban J connectivity index is 2.21. The van der Waals surface area contributed by atoms with Crippen LogP contribution in [0.4, 0.5) is 0 Å². The van der Waals surface area contributed by atoms with Crippen LogP contribution in [0, 0.1) is 0 Å². The van der Waals surface area contributed by atoms with Crippen molar-refractivity contribution in [3.05, 3.63) is 23.3 Å². The van der Waals surface area contributed by atoms with E-state index in [0.717, 1.165) is 25.1 Å². The normalized spacial score (nSPS) is 17.1. The topological polar surface area (TPSA) is 51.8 Å². The second kappa shape index (κ2) is 3.42. The molecule has 0 spiro atoms. The molecule has 2 rings (SSSR count). The molecule has 1 aromatic heterocycles. The predicted molar refractivity (Wildman–Crippen MR) is 51.4 cm³/mol. The minimum Gasteiger partial charge on any atom is -0.328 e. The fourth-order valence-electron chi connectivity index (χ4n) is 1.74. The van der Waals surface area contributed by atoms with Crippen molar-refractivity contribution < 1.29 is 0 Å². The van der Waals surface area contributed by atoms with E-state index in [-0.39, 0.29) is 6.04 Å². The maximum Gasteiger partial charge on any atom is 0.130 e. The molecule has 2 N–H and O–H groups in total. The number of nitrogens with two attached hydrogens (primary N) is 1. The first-order chi connectivity index (χ1) is 6.25. The van der Waals surface area contributed by atoms with Crippen molar-refractivity contribution in [2.45, 2.75) is 38.6 Å². The molecule has 1 heterocycles. The summed E-state index contributed by atoms with van der Waals surface area (Å²) in [6, 6.07) is 0.152. The lowest BCUT2D eigenvalue weighted by atomic mass is 10.2. The Bertz CT molecular complexity index is 307. The molecule has 0 aromatic carbocycles. The van der Waals surface area contributed by atoms with E-state index >= 15 is 0 Å². The Morgan fingerprint density at radius 3 is 3.15 bits per heavy atom. The highest BCUT2D eigenvalue weighted by Crippen LogP contribution is 2.18. The molecule has 1 aliphatic rings. The first-order valence-electron chi connectivity index (χ1n) is 4.85. The minimum absolute atomic E-state index is 0.152. The van der Waals surface area contributed by atoms with Crippen molar-refractivity contribution in [1.82, 2.24) is 9.97 Å². The molecule has 0 saturated carbocycles. The van der Waals surface area contributed by atoms with Gasteiger partial charge in [0.1, 0.15) is 5.82 Å². The van der Waals surface area contributed by atoms with Gasteiger partial charge in [-0.1, -0.05) is 0 Å². The molecule has 3 nitrogen and oxygen atoms in total. The summed E-state index contributed by atoms with van der Waals surface area (Å²) in [5.41, 5.74) is 8.26. The summed E-state index contributed by atoms with van der Waals surface area (Å²) in [6.45, 7) is 1.98. The van der Waals surface area contributed by atoms with E-state index < -0.39 is 0 Å². The zero-order chi connectivity index (χ0) is 9.26. The molecule has 0 amide bonds. The Morgan fingerprint density at radius 2 is 2.38 bits per heavy atom. The highest BCUT2D eigenvalue weighted by Gasteiger charge is 2.13. The third-order valence-corrected chi connectivity index (χ3v) is 2.37. The molecule has 0 bridgehead atoms. The smallest absolute Gasteiger partial charge is 0.130 e. The number of aryl methyl sites for hydroxylation is 2. The molecule has 70 valence electrons. The average Bonchev–Trinajstić information content (AvgIpc) is 2.49. The molecule has 0 saturated heterocycles. The molecule has 3 heteroatoms. The third kappa shape index (κ3) is 1.86. The van der Waals surface area contributed by atoms with E-state index in [1.807, 2.05) is 13.1 Å². The number of rotatable bonds is 2. The van der Waals surface area contributed by atoms with Crippen LogP contribution in [0.25, 0.3) is 0 Å². The second-order valence-electron chi connectivity index (χ2n) is 3.79. The third-order valence-electron chi connectivity index (χ3n) is 2.37. The molecular formula is C10H15N3. The lowest BCUT2D eigenvalue weighted by Crippen LogP contribution is -2.19. The Kier molecular flexibility index (Phi) is 2.27. The lowest BCUT2D eigenvalue weighted by Gasteiger charge is -2.05. The fourth-order valence-corrected chi connectivity index (χ4v) is 1.74. The van der Waals surface area contributed by atoms with Crippen LogP contribution in [-0.4, -0.2) is 16.0 Å². The molecule has 0 fully saturated rings. The summed E-state index contributed by atoms with van der Waals surface area (Å²) in [6.07, 6.45) is 6.24. The highest BCUT2D eigenvalue weighted by molar-refractivity contribution is 5.22. The second-order valence-corrected chi connectivity index (χ2v) is 3.79. The van der Waals surface area contributed by atoms with Crippen molar-refractivity contribution in [1.29, 1.82) is 0 Å². The van der Waals surface area contributed by atoms with Crippen molar-refractivity contribution in [3.63, 3.8) is 0 Å². The molecule has 1 aromatic rings. The molecule has 0 aliphatic heterocycles. The van der Waals surface area contributed by atoms with Crippen LogP contribution in [-0.2, 0) is 19.3 Å². The van der Waals surface area contributed by atoms with Gasteiger partial charge in [-0.3, -0.25) is 0 Å². The Hall–Kier alpha value is -0.960. The van der Waals surface area contributed by atoms with Gasteiger partial charge in [-0.15, -0.1) is 0 Å². The Morgan fingerprint density at radius 1 is 1.54 bits per heavy atom. The van der Waals surface area contributed by atoms with Crippen molar-refractivity contribution in [2.75, 3.05) is 0 Å². The van der Waals surface area contributed by atoms with Crippen LogP contribution >= 0.6 is 0 Å². The van der Waals surface area contributed by atoms with Gasteiger partial charge in [-0.05, 0) is 31.7 Å².